The Morgan fingerprint density at radius 1 is 1.06 bits per heavy atom. The highest BCUT2D eigenvalue weighted by molar-refractivity contribution is 5.80. The molecule has 0 aliphatic heterocycles. The van der Waals surface area contributed by atoms with Crippen molar-refractivity contribution in [2.24, 2.45) is 0 Å². The van der Waals surface area contributed by atoms with Crippen LogP contribution in [0.2, 0.25) is 0 Å². The fourth-order valence-electron chi connectivity index (χ4n) is 4.02. The Hall–Kier alpha value is -3.88. The smallest absolute Gasteiger partial charge is 0.314 e. The maximum atomic E-state index is 11.7. The molecule has 0 radical (unpaired) electrons. The summed E-state index contributed by atoms with van der Waals surface area (Å²) in [4.78, 5) is 16.3. The van der Waals surface area contributed by atoms with Crippen molar-refractivity contribution in [2.75, 3.05) is 0 Å². The van der Waals surface area contributed by atoms with Gasteiger partial charge in [0.25, 0.3) is 0 Å². The van der Waals surface area contributed by atoms with E-state index >= 15 is 0 Å². The first-order valence-electron chi connectivity index (χ1n) is 11.7. The molecule has 0 saturated carbocycles. The van der Waals surface area contributed by atoms with Crippen LogP contribution in [0.5, 0.6) is 0 Å². The van der Waals surface area contributed by atoms with Crippen LogP contribution >= 0.6 is 0 Å². The number of aromatic amines is 1. The highest BCUT2D eigenvalue weighted by Crippen LogP contribution is 2.30. The minimum absolute atomic E-state index is 0.396. The van der Waals surface area contributed by atoms with Gasteiger partial charge in [0.15, 0.2) is 5.82 Å². The number of unbranched alkanes of at least 4 members (excludes halogenated alkanes) is 2. The summed E-state index contributed by atoms with van der Waals surface area (Å²) in [5, 5.41) is 28.6. The first-order chi connectivity index (χ1) is 16.6. The third-order valence-electron chi connectivity index (χ3n) is 5.90. The summed E-state index contributed by atoms with van der Waals surface area (Å²) in [6.45, 7) is 4.55. The van der Waals surface area contributed by atoms with Crippen LogP contribution in [0.4, 0.5) is 0 Å². The number of nitrogens with one attached hydrogen (secondary N) is 1. The number of aromatic nitrogens is 7. The van der Waals surface area contributed by atoms with Gasteiger partial charge in [-0.15, -0.1) is 10.2 Å². The van der Waals surface area contributed by atoms with E-state index in [4.69, 9.17) is 0 Å². The molecule has 0 aliphatic carbocycles. The van der Waals surface area contributed by atoms with Crippen LogP contribution in [0.1, 0.15) is 62.7 Å². The molecule has 0 bridgehead atoms. The van der Waals surface area contributed by atoms with Gasteiger partial charge < -0.3 is 5.11 Å². The van der Waals surface area contributed by atoms with Crippen LogP contribution in [0.3, 0.4) is 0 Å². The lowest BCUT2D eigenvalue weighted by Gasteiger charge is -2.09. The summed E-state index contributed by atoms with van der Waals surface area (Å²) in [5.74, 6) is 0.219. The molecule has 4 rings (SSSR count). The van der Waals surface area contributed by atoms with Crippen LogP contribution in [0.25, 0.3) is 22.5 Å². The van der Waals surface area contributed by atoms with Crippen molar-refractivity contribution >= 4 is 5.97 Å². The molecule has 176 valence electrons. The standard InChI is InChI=1S/C25H29N7O2/c1-3-5-6-11-22-26-23(19(4-2)25(33)34)29-32(22)16-17-12-14-18(15-13-17)20-9-7-8-10-21(20)24-27-30-31-28-24/h7-10,12-15,19H,3-6,11,16H2,1-2H3,(H,33,34)(H,27,28,30,31). The summed E-state index contributed by atoms with van der Waals surface area (Å²) >= 11 is 0. The highest BCUT2D eigenvalue weighted by Gasteiger charge is 2.24. The summed E-state index contributed by atoms with van der Waals surface area (Å²) in [6, 6.07) is 16.2. The van der Waals surface area contributed by atoms with E-state index in [0.717, 1.165) is 53.8 Å². The summed E-state index contributed by atoms with van der Waals surface area (Å²) in [6.07, 6.45) is 4.47. The Bertz CT molecular complexity index is 1220. The molecule has 0 amide bonds. The molecule has 2 heterocycles. The second kappa shape index (κ2) is 10.8. The molecule has 2 aromatic heterocycles. The van der Waals surface area contributed by atoms with Crippen LogP contribution in [0, 0.1) is 0 Å². The van der Waals surface area contributed by atoms with Crippen molar-refractivity contribution in [1.29, 1.82) is 0 Å². The predicted octanol–water partition coefficient (Wildman–Crippen LogP) is 4.48. The fourth-order valence-corrected chi connectivity index (χ4v) is 4.02. The van der Waals surface area contributed by atoms with E-state index < -0.39 is 11.9 Å². The van der Waals surface area contributed by atoms with Crippen molar-refractivity contribution in [3.05, 3.63) is 65.7 Å². The number of tetrazole rings is 1. The Morgan fingerprint density at radius 2 is 1.82 bits per heavy atom. The van der Waals surface area contributed by atoms with Gasteiger partial charge in [0.05, 0.1) is 6.54 Å². The number of carbonyl (C=O) groups is 1. The molecule has 0 saturated heterocycles. The molecule has 4 aromatic rings. The van der Waals surface area contributed by atoms with E-state index in [1.54, 1.807) is 0 Å². The zero-order valence-electron chi connectivity index (χ0n) is 19.5. The summed E-state index contributed by atoms with van der Waals surface area (Å²) in [7, 11) is 0. The van der Waals surface area contributed by atoms with Crippen LogP contribution in [-0.4, -0.2) is 46.5 Å². The van der Waals surface area contributed by atoms with Gasteiger partial charge in [-0.1, -0.05) is 75.2 Å². The number of nitrogens with zero attached hydrogens (tertiary/aromatic N) is 6. The van der Waals surface area contributed by atoms with E-state index in [0.29, 0.717) is 24.6 Å². The lowest BCUT2D eigenvalue weighted by Crippen LogP contribution is -2.13. The largest absolute Gasteiger partial charge is 0.481 e. The van der Waals surface area contributed by atoms with Gasteiger partial charge in [0.2, 0.25) is 5.82 Å². The zero-order valence-corrected chi connectivity index (χ0v) is 19.5. The Balaban J connectivity index is 1.59. The average Bonchev–Trinajstić information content (AvgIpc) is 3.51. The molecule has 1 atom stereocenters. The molecule has 2 aromatic carbocycles. The summed E-state index contributed by atoms with van der Waals surface area (Å²) in [5.41, 5.74) is 4.04. The first-order valence-corrected chi connectivity index (χ1v) is 11.7. The molecule has 0 aliphatic rings. The van der Waals surface area contributed by atoms with Gasteiger partial charge in [-0.2, -0.15) is 10.3 Å². The normalized spacial score (nSPS) is 12.1. The Labute approximate surface area is 198 Å². The SMILES string of the molecule is CCCCCc1nc(C(CC)C(=O)O)nn1Cc1ccc(-c2ccccc2-c2nn[nH]n2)cc1. The third-order valence-corrected chi connectivity index (χ3v) is 5.90. The zero-order chi connectivity index (χ0) is 23.9. The first kappa shape index (κ1) is 23.3. The lowest BCUT2D eigenvalue weighted by atomic mass is 9.98. The Kier molecular flexibility index (Phi) is 7.41. The van der Waals surface area contributed by atoms with Gasteiger partial charge in [-0.05, 0) is 34.7 Å². The quantitative estimate of drug-likeness (QED) is 0.317. The minimum Gasteiger partial charge on any atom is -0.481 e. The maximum Gasteiger partial charge on any atom is 0.314 e. The third kappa shape index (κ3) is 5.19. The van der Waals surface area contributed by atoms with Crippen molar-refractivity contribution in [2.45, 2.75) is 58.4 Å². The van der Waals surface area contributed by atoms with E-state index in [2.05, 4.69) is 61.9 Å². The number of rotatable bonds is 11. The minimum atomic E-state index is -0.885. The lowest BCUT2D eigenvalue weighted by molar-refractivity contribution is -0.139. The van der Waals surface area contributed by atoms with Crippen molar-refractivity contribution in [1.82, 2.24) is 35.4 Å². The maximum absolute atomic E-state index is 11.7. The number of H-pyrrole nitrogens is 1. The van der Waals surface area contributed by atoms with Crippen molar-refractivity contribution < 1.29 is 9.90 Å². The molecule has 9 nitrogen and oxygen atoms in total. The number of hydrogen-bond acceptors (Lipinski definition) is 6. The molecular weight excluding hydrogens is 430 g/mol. The average molecular weight is 460 g/mol. The van der Waals surface area contributed by atoms with Gasteiger partial charge >= 0.3 is 5.97 Å². The number of hydrogen-bond donors (Lipinski definition) is 2. The van der Waals surface area contributed by atoms with E-state index in [1.165, 1.54) is 0 Å². The van der Waals surface area contributed by atoms with E-state index in [9.17, 15) is 9.90 Å². The monoisotopic (exact) mass is 459 g/mol. The van der Waals surface area contributed by atoms with E-state index in [1.807, 2.05) is 35.9 Å². The molecular formula is C25H29N7O2. The number of aryl methyl sites for hydroxylation is 1. The molecule has 9 heteroatoms. The molecule has 0 fully saturated rings. The fraction of sp³-hybridized carbons (Fsp3) is 0.360. The van der Waals surface area contributed by atoms with E-state index in [-0.39, 0.29) is 0 Å². The van der Waals surface area contributed by atoms with Gasteiger partial charge in [-0.3, -0.25) is 4.79 Å². The van der Waals surface area contributed by atoms with Crippen LogP contribution in [-0.2, 0) is 17.8 Å². The molecule has 2 N–H and O–H groups in total. The summed E-state index contributed by atoms with van der Waals surface area (Å²) < 4.78 is 1.86. The predicted molar refractivity (Wildman–Crippen MR) is 128 cm³/mol. The molecule has 0 spiro atoms. The molecule has 34 heavy (non-hydrogen) atoms. The van der Waals surface area contributed by atoms with Crippen LogP contribution < -0.4 is 0 Å². The van der Waals surface area contributed by atoms with Gasteiger partial charge in [0, 0.05) is 12.0 Å². The van der Waals surface area contributed by atoms with Gasteiger partial charge in [0.1, 0.15) is 11.7 Å². The van der Waals surface area contributed by atoms with Crippen molar-refractivity contribution in [3.63, 3.8) is 0 Å². The Morgan fingerprint density at radius 3 is 2.47 bits per heavy atom. The van der Waals surface area contributed by atoms with Crippen LogP contribution in [0.15, 0.2) is 48.5 Å². The molecule has 1 unspecified atom stereocenters. The second-order valence-electron chi connectivity index (χ2n) is 8.28. The second-order valence-corrected chi connectivity index (χ2v) is 8.28. The van der Waals surface area contributed by atoms with Gasteiger partial charge in [-0.25, -0.2) is 9.67 Å². The number of aliphatic carboxylic acids is 1. The number of benzene rings is 2. The van der Waals surface area contributed by atoms with Crippen molar-refractivity contribution in [3.8, 4) is 22.5 Å². The number of carboxylic acids is 1. The number of carboxylic acid groups (broad SMARTS) is 1. The topological polar surface area (TPSA) is 122 Å². The highest BCUT2D eigenvalue weighted by atomic mass is 16.4.